The molecule has 0 N–H and O–H groups in total. The van der Waals surface area contributed by atoms with Gasteiger partial charge in [0.1, 0.15) is 0 Å². The average Bonchev–Trinajstić information content (AvgIpc) is 2.79. The molecule has 0 aromatic heterocycles. The van der Waals surface area contributed by atoms with Crippen LogP contribution in [0.2, 0.25) is 0 Å². The molecule has 0 aliphatic carbocycles. The third kappa shape index (κ3) is 5.45. The van der Waals surface area contributed by atoms with Gasteiger partial charge in [-0.05, 0) is 0 Å². The molecule has 0 heterocycles. The Bertz CT molecular complexity index is 1030. The van der Waals surface area contributed by atoms with E-state index in [1.54, 1.807) is 0 Å². The van der Waals surface area contributed by atoms with Gasteiger partial charge in [0.15, 0.2) is 0 Å². The number of rotatable bonds is 6. The molecule has 140 valence electrons. The summed E-state index contributed by atoms with van der Waals surface area (Å²) >= 11 is -0.704. The summed E-state index contributed by atoms with van der Waals surface area (Å²) in [5, 5.41) is 17.8. The molecule has 0 saturated carbocycles. The first-order chi connectivity index (χ1) is 14.4. The Morgan fingerprint density at radius 2 is 0.759 bits per heavy atom. The van der Waals surface area contributed by atoms with E-state index in [1.807, 2.05) is 84.9 Å². The molecule has 0 bridgehead atoms. The Hall–Kier alpha value is -3.13. The van der Waals surface area contributed by atoms with Crippen LogP contribution >= 0.6 is 0 Å². The van der Waals surface area contributed by atoms with Crippen LogP contribution in [0.25, 0.3) is 0 Å². The van der Waals surface area contributed by atoms with E-state index in [4.69, 9.17) is 0 Å². The third-order valence-corrected chi connectivity index (χ3v) is 7.24. The fraction of sp³-hybridized carbons (Fsp3) is 0. The molecule has 4 nitrogen and oxygen atoms in total. The van der Waals surface area contributed by atoms with Crippen molar-refractivity contribution in [3.8, 4) is 0 Å². The summed E-state index contributed by atoms with van der Waals surface area (Å²) in [5.74, 6) is 0. The van der Waals surface area contributed by atoms with Crippen LogP contribution in [0.5, 0.6) is 0 Å². The Morgan fingerprint density at radius 1 is 0.379 bits per heavy atom. The van der Waals surface area contributed by atoms with Gasteiger partial charge in [-0.2, -0.15) is 0 Å². The van der Waals surface area contributed by atoms with E-state index < -0.39 is 20.9 Å². The van der Waals surface area contributed by atoms with Crippen molar-refractivity contribution in [3.05, 3.63) is 109 Å². The summed E-state index contributed by atoms with van der Waals surface area (Å²) in [4.78, 5) is 0. The third-order valence-electron chi connectivity index (χ3n) is 4.01. The van der Waals surface area contributed by atoms with E-state index in [2.05, 4.69) is 44.7 Å². The first-order valence-electron chi connectivity index (χ1n) is 9.18. The summed E-state index contributed by atoms with van der Waals surface area (Å²) in [5.41, 5.74) is 3.52. The number of hydrogen-bond donors (Lipinski definition) is 0. The second kappa shape index (κ2) is 9.88. The molecule has 0 atom stereocenters. The Morgan fingerprint density at radius 3 is 1.21 bits per heavy atom. The van der Waals surface area contributed by atoms with Crippen LogP contribution in [-0.2, 0) is 0 Å². The van der Waals surface area contributed by atoms with Crippen molar-refractivity contribution in [1.29, 1.82) is 0 Å². The fourth-order valence-corrected chi connectivity index (χ4v) is 5.31. The van der Waals surface area contributed by atoms with Crippen LogP contribution in [0, 0.1) is 0 Å². The maximum atomic E-state index is 4.50. The second-order valence-corrected chi connectivity index (χ2v) is 9.20. The molecule has 0 unspecified atom stereocenters. The zero-order chi connectivity index (χ0) is 19.7. The van der Waals surface area contributed by atoms with Crippen molar-refractivity contribution < 1.29 is 0 Å². The Balaban J connectivity index is 1.59. The molecule has 0 radical (unpaired) electrons. The van der Waals surface area contributed by atoms with E-state index in [9.17, 15) is 0 Å². The van der Waals surface area contributed by atoms with Crippen LogP contribution in [0.15, 0.2) is 130 Å². The first kappa shape index (κ1) is 19.2. The Kier molecular flexibility index (Phi) is 6.54. The van der Waals surface area contributed by atoms with Crippen molar-refractivity contribution in [3.63, 3.8) is 0 Å². The number of benzene rings is 4. The van der Waals surface area contributed by atoms with Crippen LogP contribution in [0.3, 0.4) is 0 Å². The van der Waals surface area contributed by atoms with Crippen molar-refractivity contribution in [1.82, 2.24) is 0 Å². The predicted molar refractivity (Wildman–Crippen MR) is 119 cm³/mol. The van der Waals surface area contributed by atoms with Crippen LogP contribution in [0.4, 0.5) is 22.7 Å². The molecule has 5 heteroatoms. The van der Waals surface area contributed by atoms with Gasteiger partial charge in [0.05, 0.1) is 0 Å². The monoisotopic (exact) mass is 492 g/mol. The molecule has 0 spiro atoms. The van der Waals surface area contributed by atoms with Crippen LogP contribution in [0.1, 0.15) is 0 Å². The summed E-state index contributed by atoms with van der Waals surface area (Å²) in [7, 11) is 0. The van der Waals surface area contributed by atoms with E-state index in [-0.39, 0.29) is 0 Å². The topological polar surface area (TPSA) is 49.4 Å². The number of hydrogen-bond acceptors (Lipinski definition) is 4. The molecule has 0 saturated heterocycles. The van der Waals surface area contributed by atoms with Gasteiger partial charge in [-0.3, -0.25) is 0 Å². The first-order valence-corrected chi connectivity index (χ1v) is 11.5. The molecule has 4 rings (SSSR count). The van der Waals surface area contributed by atoms with Gasteiger partial charge in [0.25, 0.3) is 0 Å². The molecule has 0 fully saturated rings. The van der Waals surface area contributed by atoms with Gasteiger partial charge >= 0.3 is 181 Å². The quantitative estimate of drug-likeness (QED) is 0.229. The minimum atomic E-state index is -0.704. The maximum absolute atomic E-state index is 4.50. The van der Waals surface area contributed by atoms with Gasteiger partial charge in [-0.15, -0.1) is 0 Å². The molecule has 4 aromatic rings. The second-order valence-electron chi connectivity index (χ2n) is 6.11. The van der Waals surface area contributed by atoms with Crippen molar-refractivity contribution in [2.24, 2.45) is 20.5 Å². The number of nitrogens with zero attached hydrogens (tertiary/aromatic N) is 4. The van der Waals surface area contributed by atoms with E-state index in [0.29, 0.717) is 0 Å². The van der Waals surface area contributed by atoms with Gasteiger partial charge in [-0.1, -0.05) is 0 Å². The summed E-state index contributed by atoms with van der Waals surface area (Å²) in [6.07, 6.45) is 0. The molecule has 4 aromatic carbocycles. The van der Waals surface area contributed by atoms with Crippen LogP contribution in [-0.4, -0.2) is 20.9 Å². The summed E-state index contributed by atoms with van der Waals surface area (Å²) in [6.45, 7) is 0. The molecular weight excluding hydrogens is 472 g/mol. The van der Waals surface area contributed by atoms with Crippen molar-refractivity contribution >= 4 is 50.9 Å². The van der Waals surface area contributed by atoms with E-state index >= 15 is 0 Å². The molecule has 0 aliphatic heterocycles. The van der Waals surface area contributed by atoms with Crippen molar-refractivity contribution in [2.75, 3.05) is 0 Å². The van der Waals surface area contributed by atoms with Gasteiger partial charge in [-0.25, -0.2) is 0 Å². The zero-order valence-electron chi connectivity index (χ0n) is 15.6. The summed E-state index contributed by atoms with van der Waals surface area (Å²) in [6, 6.07) is 36.0. The Labute approximate surface area is 180 Å². The number of azo groups is 2. The minimum absolute atomic E-state index is 0.704. The van der Waals surface area contributed by atoms with Gasteiger partial charge < -0.3 is 0 Å². The summed E-state index contributed by atoms with van der Waals surface area (Å²) < 4.78 is 2.44. The predicted octanol–water partition coefficient (Wildman–Crippen LogP) is 6.17. The van der Waals surface area contributed by atoms with E-state index in [1.165, 1.54) is 7.22 Å². The zero-order valence-corrected chi connectivity index (χ0v) is 17.9. The SMILES string of the molecule is c1ccc(N=Nc2ccccc2[Te]c2ccccc2N=Nc2ccccc2)cc1. The molecule has 0 amide bonds. The average molecular weight is 490 g/mol. The molecule has 0 aliphatic rings. The van der Waals surface area contributed by atoms with Crippen LogP contribution < -0.4 is 7.22 Å². The van der Waals surface area contributed by atoms with Crippen molar-refractivity contribution in [2.45, 2.75) is 0 Å². The standard InChI is InChI=1S/C24H18N4Te/c1-3-11-19(12-4-1)25-27-21-15-7-9-17-23(21)29-24-18-10-8-16-22(24)28-26-20-13-5-2-6-14-20/h1-18H. The van der Waals surface area contributed by atoms with Gasteiger partial charge in [0, 0.05) is 0 Å². The normalized spacial score (nSPS) is 11.3. The molecular formula is C24H18N4Te. The van der Waals surface area contributed by atoms with Gasteiger partial charge in [0.2, 0.25) is 0 Å². The fourth-order valence-electron chi connectivity index (χ4n) is 2.58. The van der Waals surface area contributed by atoms with E-state index in [0.717, 1.165) is 22.7 Å². The molecule has 29 heavy (non-hydrogen) atoms.